The SMILES string of the molecule is CCS(=O)(=O)c1ccc([C@H](CO)NC(=O)c2ccc(N3CC(c4ccc(C(F)(F)F)cc4)CC[C@H]3CC(=O)N(C)OC)cc2)cc1. The molecule has 3 atom stereocenters. The Morgan fingerprint density at radius 1 is 1.02 bits per heavy atom. The quantitative estimate of drug-likeness (QED) is 0.274. The number of hydrogen-bond acceptors (Lipinski definition) is 7. The van der Waals surface area contributed by atoms with E-state index in [0.717, 1.165) is 28.4 Å². The van der Waals surface area contributed by atoms with Crippen molar-refractivity contribution in [3.63, 3.8) is 0 Å². The zero-order chi connectivity index (χ0) is 33.6. The third-order valence-corrected chi connectivity index (χ3v) is 10.2. The van der Waals surface area contributed by atoms with E-state index in [1.165, 1.54) is 38.4 Å². The van der Waals surface area contributed by atoms with E-state index >= 15 is 0 Å². The molecule has 0 bridgehead atoms. The molecule has 0 saturated carbocycles. The largest absolute Gasteiger partial charge is 0.416 e. The average Bonchev–Trinajstić information content (AvgIpc) is 3.06. The molecule has 2 amide bonds. The molecule has 0 radical (unpaired) electrons. The molecule has 4 rings (SSSR count). The summed E-state index contributed by atoms with van der Waals surface area (Å²) in [7, 11) is -0.472. The highest BCUT2D eigenvalue weighted by Gasteiger charge is 2.33. The number of carbonyl (C=O) groups is 2. The number of amides is 2. The minimum Gasteiger partial charge on any atom is -0.394 e. The first-order valence-corrected chi connectivity index (χ1v) is 16.5. The first-order chi connectivity index (χ1) is 21.8. The van der Waals surface area contributed by atoms with Crippen molar-refractivity contribution in [1.29, 1.82) is 0 Å². The van der Waals surface area contributed by atoms with Crippen LogP contribution in [0.1, 0.15) is 65.2 Å². The van der Waals surface area contributed by atoms with Crippen molar-refractivity contribution in [1.82, 2.24) is 10.4 Å². The van der Waals surface area contributed by atoms with Gasteiger partial charge in [0.15, 0.2) is 9.84 Å². The van der Waals surface area contributed by atoms with Gasteiger partial charge in [-0.15, -0.1) is 0 Å². The van der Waals surface area contributed by atoms with Gasteiger partial charge in [-0.1, -0.05) is 31.2 Å². The van der Waals surface area contributed by atoms with Crippen molar-refractivity contribution in [2.24, 2.45) is 0 Å². The van der Waals surface area contributed by atoms with Crippen LogP contribution in [0, 0.1) is 0 Å². The first kappa shape index (κ1) is 34.9. The highest BCUT2D eigenvalue weighted by atomic mass is 32.2. The van der Waals surface area contributed by atoms with Crippen LogP contribution in [0.3, 0.4) is 0 Å². The molecule has 248 valence electrons. The van der Waals surface area contributed by atoms with Crippen LogP contribution >= 0.6 is 0 Å². The van der Waals surface area contributed by atoms with Gasteiger partial charge < -0.3 is 15.3 Å². The zero-order valence-corrected chi connectivity index (χ0v) is 26.6. The molecular formula is C33H38F3N3O6S. The predicted octanol–water partition coefficient (Wildman–Crippen LogP) is 5.12. The van der Waals surface area contributed by atoms with Gasteiger partial charge in [-0.05, 0) is 72.5 Å². The monoisotopic (exact) mass is 661 g/mol. The molecule has 1 fully saturated rings. The molecule has 1 heterocycles. The van der Waals surface area contributed by atoms with Gasteiger partial charge in [-0.25, -0.2) is 13.5 Å². The summed E-state index contributed by atoms with van der Waals surface area (Å²) in [6.45, 7) is 1.59. The first-order valence-electron chi connectivity index (χ1n) is 14.9. The lowest BCUT2D eigenvalue weighted by Crippen LogP contribution is -2.45. The van der Waals surface area contributed by atoms with Crippen LogP contribution in [-0.2, 0) is 25.6 Å². The van der Waals surface area contributed by atoms with E-state index in [0.29, 0.717) is 30.5 Å². The Bertz CT molecular complexity index is 1600. The molecule has 1 aliphatic rings. The second-order valence-electron chi connectivity index (χ2n) is 11.2. The number of halogens is 3. The van der Waals surface area contributed by atoms with Crippen molar-refractivity contribution < 1.29 is 41.1 Å². The predicted molar refractivity (Wildman–Crippen MR) is 167 cm³/mol. The van der Waals surface area contributed by atoms with Crippen molar-refractivity contribution in [3.8, 4) is 0 Å². The van der Waals surface area contributed by atoms with Crippen LogP contribution in [0.25, 0.3) is 0 Å². The summed E-state index contributed by atoms with van der Waals surface area (Å²) in [6, 6.07) is 16.9. The number of hydroxylamine groups is 2. The van der Waals surface area contributed by atoms with Gasteiger partial charge in [-0.3, -0.25) is 14.4 Å². The molecule has 13 heteroatoms. The van der Waals surface area contributed by atoms with Crippen LogP contribution in [0.15, 0.2) is 77.7 Å². The minimum atomic E-state index is -4.43. The summed E-state index contributed by atoms with van der Waals surface area (Å²) in [5.74, 6) is -0.806. The van der Waals surface area contributed by atoms with Gasteiger partial charge in [0, 0.05) is 43.2 Å². The fraction of sp³-hybridized carbons (Fsp3) is 0.394. The standard InChI is InChI=1S/C33H38F3N3O6S/c1-4-46(43,44)29-17-10-23(11-18-29)30(21-40)37-32(42)24-7-14-27(15-8-24)39-20-25(9-16-28(39)19-31(41)38(2)45-3)22-5-12-26(13-6-22)33(34,35)36/h5-8,10-15,17-18,25,28,30,40H,4,9,16,19-21H2,1-3H3,(H,37,42)/t25?,28-,30-/m0/s1. The van der Waals surface area contributed by atoms with Crippen LogP contribution in [-0.4, -0.2) is 69.5 Å². The fourth-order valence-corrected chi connectivity index (χ4v) is 6.44. The van der Waals surface area contributed by atoms with E-state index in [-0.39, 0.29) is 34.9 Å². The number of aliphatic hydroxyl groups is 1. The molecule has 0 spiro atoms. The summed E-state index contributed by atoms with van der Waals surface area (Å²) in [4.78, 5) is 33.1. The Hall–Kier alpha value is -3.94. The maximum atomic E-state index is 13.1. The van der Waals surface area contributed by atoms with Gasteiger partial charge in [0.2, 0.25) is 5.91 Å². The van der Waals surface area contributed by atoms with E-state index in [4.69, 9.17) is 4.84 Å². The van der Waals surface area contributed by atoms with E-state index < -0.39 is 40.1 Å². The van der Waals surface area contributed by atoms with Gasteiger partial charge in [-0.2, -0.15) is 13.2 Å². The Morgan fingerprint density at radius 3 is 2.20 bits per heavy atom. The van der Waals surface area contributed by atoms with Gasteiger partial charge in [0.25, 0.3) is 5.91 Å². The zero-order valence-electron chi connectivity index (χ0n) is 25.8. The fourth-order valence-electron chi connectivity index (χ4n) is 5.56. The number of alkyl halides is 3. The molecule has 0 aliphatic carbocycles. The van der Waals surface area contributed by atoms with E-state index in [2.05, 4.69) is 5.32 Å². The highest BCUT2D eigenvalue weighted by Crippen LogP contribution is 2.36. The molecule has 46 heavy (non-hydrogen) atoms. The maximum absolute atomic E-state index is 13.1. The normalized spacial score (nSPS) is 17.8. The van der Waals surface area contributed by atoms with E-state index in [9.17, 15) is 36.3 Å². The number of aliphatic hydroxyl groups excluding tert-OH is 1. The molecule has 1 saturated heterocycles. The van der Waals surface area contributed by atoms with Crippen LogP contribution < -0.4 is 10.2 Å². The third kappa shape index (κ3) is 8.25. The Morgan fingerprint density at radius 2 is 1.65 bits per heavy atom. The number of rotatable bonds is 11. The van der Waals surface area contributed by atoms with E-state index in [1.54, 1.807) is 43.3 Å². The lowest BCUT2D eigenvalue weighted by molar-refractivity contribution is -0.169. The van der Waals surface area contributed by atoms with Crippen molar-refractivity contribution in [2.45, 2.75) is 55.3 Å². The van der Waals surface area contributed by atoms with Crippen LogP contribution in [0.5, 0.6) is 0 Å². The van der Waals surface area contributed by atoms with Gasteiger partial charge in [0.05, 0.1) is 36.0 Å². The molecule has 0 aromatic heterocycles. The Balaban J connectivity index is 1.52. The number of carbonyl (C=O) groups excluding carboxylic acids is 2. The van der Waals surface area contributed by atoms with Crippen LogP contribution in [0.4, 0.5) is 18.9 Å². The number of anilines is 1. The third-order valence-electron chi connectivity index (χ3n) is 8.42. The molecule has 1 unspecified atom stereocenters. The number of hydrogen-bond donors (Lipinski definition) is 2. The van der Waals surface area contributed by atoms with Gasteiger partial charge in [0.1, 0.15) is 0 Å². The molecule has 3 aromatic carbocycles. The second kappa shape index (κ2) is 14.7. The smallest absolute Gasteiger partial charge is 0.394 e. The molecule has 1 aliphatic heterocycles. The number of benzene rings is 3. The number of nitrogens with zero attached hydrogens (tertiary/aromatic N) is 2. The van der Waals surface area contributed by atoms with Crippen molar-refractivity contribution in [2.75, 3.05) is 38.0 Å². The molecule has 2 N–H and O–H groups in total. The van der Waals surface area contributed by atoms with E-state index in [1.807, 2.05) is 4.90 Å². The summed E-state index contributed by atoms with van der Waals surface area (Å²) in [6.07, 6.45) is -2.99. The minimum absolute atomic E-state index is 0.0447. The second-order valence-corrected chi connectivity index (χ2v) is 13.5. The summed E-state index contributed by atoms with van der Waals surface area (Å²) in [5.41, 5.74) is 1.64. The lowest BCUT2D eigenvalue weighted by Gasteiger charge is -2.41. The maximum Gasteiger partial charge on any atom is 0.416 e. The number of nitrogens with one attached hydrogen (secondary N) is 1. The molecular weight excluding hydrogens is 623 g/mol. The average molecular weight is 662 g/mol. The van der Waals surface area contributed by atoms with Crippen molar-refractivity contribution in [3.05, 3.63) is 95.1 Å². The lowest BCUT2D eigenvalue weighted by atomic mass is 9.85. The molecule has 3 aromatic rings. The van der Waals surface area contributed by atoms with Crippen LogP contribution in [0.2, 0.25) is 0 Å². The summed E-state index contributed by atoms with van der Waals surface area (Å²) < 4.78 is 63.6. The molecule has 9 nitrogen and oxygen atoms in total. The summed E-state index contributed by atoms with van der Waals surface area (Å²) >= 11 is 0. The Labute approximate surface area is 266 Å². The Kier molecular flexibility index (Phi) is 11.1. The van der Waals surface area contributed by atoms with Crippen molar-refractivity contribution >= 4 is 27.3 Å². The topological polar surface area (TPSA) is 116 Å². The number of sulfone groups is 1. The summed E-state index contributed by atoms with van der Waals surface area (Å²) in [5, 5.41) is 13.9. The van der Waals surface area contributed by atoms with Gasteiger partial charge >= 0.3 is 6.18 Å². The highest BCUT2D eigenvalue weighted by molar-refractivity contribution is 7.91. The number of piperidine rings is 1.